The minimum absolute atomic E-state index is 0.0643. The Kier molecular flexibility index (Phi) is 12.2. The molecule has 0 bridgehead atoms. The van der Waals surface area contributed by atoms with Gasteiger partial charge in [-0.2, -0.15) is 0 Å². The number of ether oxygens (including phenoxy) is 1. The number of thioether (sulfide) groups is 1. The normalized spacial score (nSPS) is 12.3. The van der Waals surface area contributed by atoms with Crippen LogP contribution < -0.4 is 5.32 Å². The summed E-state index contributed by atoms with van der Waals surface area (Å²) in [5.41, 5.74) is 0.655. The Balaban J connectivity index is 1.31. The number of carboxylic acid groups (broad SMARTS) is 1. The van der Waals surface area contributed by atoms with Crippen molar-refractivity contribution in [3.63, 3.8) is 0 Å². The lowest BCUT2D eigenvalue weighted by Gasteiger charge is -2.36. The molecule has 1 aromatic heterocycles. The SMILES string of the molecule is O=C(O)/C(=N\OC(SCC(F)F)C(=O)OC(c1ccccc1)c1ccccc1)c1csc(NC(c2ccccc2)(c2ccccc2)c2ccccc2)n1. The minimum Gasteiger partial charge on any atom is -0.476 e. The fourth-order valence-corrected chi connectivity index (χ4v) is 7.10. The molecule has 0 saturated heterocycles. The largest absolute Gasteiger partial charge is 0.476 e. The number of carbonyl (C=O) groups is 2. The van der Waals surface area contributed by atoms with Gasteiger partial charge in [0.05, 0.1) is 5.75 Å². The molecular formula is C41H33F2N3O5S2. The second-order valence-corrected chi connectivity index (χ2v) is 13.5. The number of hydrogen-bond donors (Lipinski definition) is 2. The van der Waals surface area contributed by atoms with E-state index in [0.29, 0.717) is 28.0 Å². The second-order valence-electron chi connectivity index (χ2n) is 11.6. The summed E-state index contributed by atoms with van der Waals surface area (Å²) in [5.74, 6) is -3.30. The van der Waals surface area contributed by atoms with Crippen molar-refractivity contribution in [1.82, 2.24) is 4.98 Å². The van der Waals surface area contributed by atoms with Gasteiger partial charge in [-0.05, 0) is 27.8 Å². The van der Waals surface area contributed by atoms with Gasteiger partial charge in [-0.1, -0.05) is 169 Å². The van der Waals surface area contributed by atoms with Crippen LogP contribution in [0.15, 0.2) is 162 Å². The Morgan fingerprint density at radius 1 is 0.755 bits per heavy atom. The van der Waals surface area contributed by atoms with Crippen molar-refractivity contribution in [2.75, 3.05) is 11.1 Å². The van der Waals surface area contributed by atoms with E-state index in [1.165, 1.54) is 5.38 Å². The zero-order valence-electron chi connectivity index (χ0n) is 28.0. The van der Waals surface area contributed by atoms with Gasteiger partial charge >= 0.3 is 11.9 Å². The van der Waals surface area contributed by atoms with Gasteiger partial charge in [0.25, 0.3) is 5.44 Å². The standard InChI is InChI=1S/C41H33F2N3O5S2/c42-34(43)27-52-39(38(49)50-36(28-16-6-1-7-17-28)29-18-8-2-9-19-29)51-46-35(37(47)48)33-26-53-40(44-33)45-41(30-20-10-3-11-21-30,31-22-12-4-13-23-31)32-24-14-5-15-25-32/h1-26,34,36,39H,27H2,(H,44,45)(H,47,48)/b46-35-. The summed E-state index contributed by atoms with van der Waals surface area (Å²) >= 11 is 1.59. The number of nitrogens with one attached hydrogen (secondary N) is 1. The van der Waals surface area contributed by atoms with Crippen LogP contribution in [0.25, 0.3) is 0 Å². The minimum atomic E-state index is -2.79. The molecule has 0 aliphatic heterocycles. The number of anilines is 1. The number of esters is 1. The molecule has 0 amide bonds. The lowest BCUT2D eigenvalue weighted by molar-refractivity contribution is -0.155. The van der Waals surface area contributed by atoms with Gasteiger partial charge in [0.15, 0.2) is 11.2 Å². The Hall–Kier alpha value is -5.85. The number of halogens is 2. The van der Waals surface area contributed by atoms with Crippen LogP contribution in [0.4, 0.5) is 13.9 Å². The molecule has 1 atom stereocenters. The van der Waals surface area contributed by atoms with E-state index in [0.717, 1.165) is 28.0 Å². The zero-order valence-corrected chi connectivity index (χ0v) is 29.6. The quantitative estimate of drug-likeness (QED) is 0.0332. The lowest BCUT2D eigenvalue weighted by Crippen LogP contribution is -2.38. The maximum Gasteiger partial charge on any atom is 0.362 e. The van der Waals surface area contributed by atoms with Gasteiger partial charge in [0, 0.05) is 5.38 Å². The van der Waals surface area contributed by atoms with E-state index in [9.17, 15) is 23.5 Å². The molecule has 0 spiro atoms. The fraction of sp³-hybridized carbons (Fsp3) is 0.122. The first-order chi connectivity index (χ1) is 25.8. The third-order valence-corrected chi connectivity index (χ3v) is 9.89. The van der Waals surface area contributed by atoms with E-state index < -0.39 is 46.9 Å². The van der Waals surface area contributed by atoms with Crippen LogP contribution in [0, 0.1) is 0 Å². The molecule has 6 rings (SSSR count). The third kappa shape index (κ3) is 8.97. The molecule has 12 heteroatoms. The monoisotopic (exact) mass is 749 g/mol. The first-order valence-corrected chi connectivity index (χ1v) is 18.4. The van der Waals surface area contributed by atoms with Gasteiger partial charge in [-0.3, -0.25) is 0 Å². The number of alkyl halides is 2. The van der Waals surface area contributed by atoms with Crippen LogP contribution >= 0.6 is 23.1 Å². The summed E-state index contributed by atoms with van der Waals surface area (Å²) in [6, 6.07) is 47.2. The molecule has 0 radical (unpaired) electrons. The highest BCUT2D eigenvalue weighted by molar-refractivity contribution is 8.00. The molecule has 0 aliphatic rings. The summed E-state index contributed by atoms with van der Waals surface area (Å²) in [5, 5.41) is 19.4. The predicted octanol–water partition coefficient (Wildman–Crippen LogP) is 9.01. The summed E-state index contributed by atoms with van der Waals surface area (Å²) in [4.78, 5) is 36.1. The second kappa shape index (κ2) is 17.6. The highest BCUT2D eigenvalue weighted by Crippen LogP contribution is 2.40. The van der Waals surface area contributed by atoms with E-state index in [4.69, 9.17) is 9.57 Å². The highest BCUT2D eigenvalue weighted by Gasteiger charge is 2.37. The number of aliphatic carboxylic acids is 1. The molecule has 0 aliphatic carbocycles. The number of carbonyl (C=O) groups excluding carboxylic acids is 1. The summed E-state index contributed by atoms with van der Waals surface area (Å²) in [7, 11) is 0. The van der Waals surface area contributed by atoms with Gasteiger partial charge in [-0.15, -0.1) is 11.3 Å². The van der Waals surface area contributed by atoms with Crippen molar-refractivity contribution < 1.29 is 33.1 Å². The Bertz CT molecular complexity index is 1970. The molecule has 6 aromatic rings. The molecule has 53 heavy (non-hydrogen) atoms. The number of oxime groups is 1. The average molecular weight is 750 g/mol. The van der Waals surface area contributed by atoms with Crippen LogP contribution in [0.3, 0.4) is 0 Å². The number of hydrogen-bond acceptors (Lipinski definition) is 9. The van der Waals surface area contributed by atoms with Crippen molar-refractivity contribution in [3.8, 4) is 0 Å². The van der Waals surface area contributed by atoms with Gasteiger partial charge in [-0.25, -0.2) is 23.4 Å². The molecule has 0 fully saturated rings. The molecule has 0 saturated carbocycles. The topological polar surface area (TPSA) is 110 Å². The smallest absolute Gasteiger partial charge is 0.362 e. The third-order valence-electron chi connectivity index (χ3n) is 8.11. The average Bonchev–Trinajstić information content (AvgIpc) is 3.66. The van der Waals surface area contributed by atoms with Crippen LogP contribution in [0.5, 0.6) is 0 Å². The zero-order chi connectivity index (χ0) is 37.0. The Labute approximate surface area is 313 Å². The van der Waals surface area contributed by atoms with Gasteiger partial charge in [0.2, 0.25) is 12.1 Å². The van der Waals surface area contributed by atoms with Crippen molar-refractivity contribution >= 4 is 45.9 Å². The maximum atomic E-state index is 13.5. The molecule has 8 nitrogen and oxygen atoms in total. The van der Waals surface area contributed by atoms with Crippen molar-refractivity contribution in [3.05, 3.63) is 191 Å². The number of carboxylic acids is 1. The number of aromatic nitrogens is 1. The molecular weight excluding hydrogens is 717 g/mol. The molecule has 1 heterocycles. The number of nitrogens with zero attached hydrogens (tertiary/aromatic N) is 2. The highest BCUT2D eigenvalue weighted by atomic mass is 32.2. The van der Waals surface area contributed by atoms with Crippen LogP contribution in [-0.4, -0.2) is 45.4 Å². The maximum absolute atomic E-state index is 13.5. The molecule has 268 valence electrons. The van der Waals surface area contributed by atoms with Crippen LogP contribution in [0.1, 0.15) is 39.6 Å². The van der Waals surface area contributed by atoms with Crippen LogP contribution in [-0.2, 0) is 24.7 Å². The van der Waals surface area contributed by atoms with E-state index in [2.05, 4.69) is 15.5 Å². The molecule has 5 aromatic carbocycles. The van der Waals surface area contributed by atoms with Crippen molar-refractivity contribution in [1.29, 1.82) is 0 Å². The van der Waals surface area contributed by atoms with Crippen molar-refractivity contribution in [2.45, 2.75) is 23.5 Å². The van der Waals surface area contributed by atoms with E-state index in [1.807, 2.05) is 103 Å². The summed E-state index contributed by atoms with van der Waals surface area (Å²) in [6.07, 6.45) is -3.68. The number of thiazole rings is 1. The molecule has 2 N–H and O–H groups in total. The molecule has 1 unspecified atom stereocenters. The fourth-order valence-electron chi connectivity index (χ4n) is 5.73. The van der Waals surface area contributed by atoms with Gasteiger partial charge < -0.3 is 20.0 Å². The van der Waals surface area contributed by atoms with Gasteiger partial charge in [0.1, 0.15) is 11.2 Å². The summed E-state index contributed by atoms with van der Waals surface area (Å²) in [6.45, 7) is 0. The van der Waals surface area contributed by atoms with Crippen molar-refractivity contribution in [2.24, 2.45) is 5.16 Å². The van der Waals surface area contributed by atoms with E-state index in [-0.39, 0.29) is 5.69 Å². The lowest BCUT2D eigenvalue weighted by atomic mass is 9.77. The Morgan fingerprint density at radius 3 is 1.64 bits per heavy atom. The first-order valence-electron chi connectivity index (χ1n) is 16.4. The first kappa shape index (κ1) is 36.9. The number of benzene rings is 5. The Morgan fingerprint density at radius 2 is 1.21 bits per heavy atom. The summed E-state index contributed by atoms with van der Waals surface area (Å²) < 4.78 is 32.6. The van der Waals surface area contributed by atoms with E-state index in [1.54, 1.807) is 48.5 Å². The van der Waals surface area contributed by atoms with E-state index >= 15 is 0 Å². The predicted molar refractivity (Wildman–Crippen MR) is 203 cm³/mol. The number of rotatable bonds is 16. The van der Waals surface area contributed by atoms with Crippen LogP contribution in [0.2, 0.25) is 0 Å².